The summed E-state index contributed by atoms with van der Waals surface area (Å²) in [4.78, 5) is 4.17. The molecule has 3 rings (SSSR count). The standard InChI is InChI=1S/C18H22N2O/c1-13(15-8-5-9-19-11-15)20-12-16-7-4-6-14-10-18(2,3)21-17(14)16/h4-9,11,13,20H,10,12H2,1-3H3/t13-/m1/s1. The molecule has 21 heavy (non-hydrogen) atoms. The van der Waals surface area contributed by atoms with Gasteiger partial charge in [0.2, 0.25) is 0 Å². The average molecular weight is 282 g/mol. The molecule has 3 nitrogen and oxygen atoms in total. The molecule has 0 aliphatic carbocycles. The molecule has 1 aromatic heterocycles. The molecular formula is C18H22N2O. The molecular weight excluding hydrogens is 260 g/mol. The van der Waals surface area contributed by atoms with E-state index in [1.165, 1.54) is 16.7 Å². The number of benzene rings is 1. The molecule has 0 amide bonds. The van der Waals surface area contributed by atoms with Gasteiger partial charge in [0.05, 0.1) is 0 Å². The zero-order valence-electron chi connectivity index (χ0n) is 12.9. The molecule has 1 atom stereocenters. The number of hydrogen-bond acceptors (Lipinski definition) is 3. The van der Waals surface area contributed by atoms with Gasteiger partial charge in [-0.1, -0.05) is 24.3 Å². The third-order valence-corrected chi connectivity index (χ3v) is 3.96. The molecule has 3 heteroatoms. The van der Waals surface area contributed by atoms with Gasteiger partial charge in [-0.3, -0.25) is 4.98 Å². The summed E-state index contributed by atoms with van der Waals surface area (Å²) in [6, 6.07) is 10.8. The third-order valence-electron chi connectivity index (χ3n) is 3.96. The smallest absolute Gasteiger partial charge is 0.127 e. The van der Waals surface area contributed by atoms with E-state index in [0.717, 1.165) is 18.7 Å². The van der Waals surface area contributed by atoms with Crippen molar-refractivity contribution in [2.75, 3.05) is 0 Å². The van der Waals surface area contributed by atoms with Gasteiger partial charge < -0.3 is 10.1 Å². The summed E-state index contributed by atoms with van der Waals surface area (Å²) >= 11 is 0. The molecule has 1 aliphatic heterocycles. The summed E-state index contributed by atoms with van der Waals surface area (Å²) in [6.07, 6.45) is 4.69. The van der Waals surface area contributed by atoms with Crippen molar-refractivity contribution >= 4 is 0 Å². The first kappa shape index (κ1) is 14.1. The number of nitrogens with zero attached hydrogens (tertiary/aromatic N) is 1. The fourth-order valence-electron chi connectivity index (χ4n) is 2.83. The second-order valence-electron chi connectivity index (χ2n) is 6.33. The van der Waals surface area contributed by atoms with Crippen LogP contribution in [0.1, 0.15) is 43.5 Å². The Bertz CT molecular complexity index is 622. The van der Waals surface area contributed by atoms with Crippen molar-refractivity contribution in [2.24, 2.45) is 0 Å². The van der Waals surface area contributed by atoms with Gasteiger partial charge in [-0.25, -0.2) is 0 Å². The number of aromatic nitrogens is 1. The first-order valence-corrected chi connectivity index (χ1v) is 7.48. The van der Waals surface area contributed by atoms with Crippen LogP contribution in [0.4, 0.5) is 0 Å². The van der Waals surface area contributed by atoms with Gasteiger partial charge in [-0.2, -0.15) is 0 Å². The highest BCUT2D eigenvalue weighted by Crippen LogP contribution is 2.37. The molecule has 0 saturated heterocycles. The van der Waals surface area contributed by atoms with Crippen molar-refractivity contribution in [3.63, 3.8) is 0 Å². The topological polar surface area (TPSA) is 34.1 Å². The van der Waals surface area contributed by atoms with E-state index in [1.807, 2.05) is 12.3 Å². The maximum Gasteiger partial charge on any atom is 0.127 e. The van der Waals surface area contributed by atoms with Crippen LogP contribution in [0.15, 0.2) is 42.7 Å². The minimum atomic E-state index is -0.0899. The van der Waals surface area contributed by atoms with Crippen LogP contribution in [-0.4, -0.2) is 10.6 Å². The van der Waals surface area contributed by atoms with Crippen molar-refractivity contribution in [2.45, 2.75) is 45.4 Å². The van der Waals surface area contributed by atoms with Gasteiger partial charge in [0, 0.05) is 37.0 Å². The summed E-state index contributed by atoms with van der Waals surface area (Å²) < 4.78 is 6.11. The van der Waals surface area contributed by atoms with Gasteiger partial charge in [0.15, 0.2) is 0 Å². The predicted octanol–water partition coefficient (Wildman–Crippen LogP) is 3.65. The summed E-state index contributed by atoms with van der Waals surface area (Å²) in [6.45, 7) is 7.24. The minimum Gasteiger partial charge on any atom is -0.487 e. The van der Waals surface area contributed by atoms with E-state index in [4.69, 9.17) is 4.74 Å². The molecule has 1 aliphatic rings. The number of nitrogens with one attached hydrogen (secondary N) is 1. The van der Waals surface area contributed by atoms with Crippen LogP contribution in [0.3, 0.4) is 0 Å². The monoisotopic (exact) mass is 282 g/mol. The van der Waals surface area contributed by atoms with Gasteiger partial charge in [0.25, 0.3) is 0 Å². The van der Waals surface area contributed by atoms with Crippen molar-refractivity contribution in [3.8, 4) is 5.75 Å². The molecule has 0 unspecified atom stereocenters. The lowest BCUT2D eigenvalue weighted by Gasteiger charge is -2.19. The highest BCUT2D eigenvalue weighted by Gasteiger charge is 2.31. The molecule has 2 heterocycles. The van der Waals surface area contributed by atoms with Crippen LogP contribution in [0, 0.1) is 0 Å². The Morgan fingerprint density at radius 1 is 1.29 bits per heavy atom. The third kappa shape index (κ3) is 3.08. The summed E-state index contributed by atoms with van der Waals surface area (Å²) in [7, 11) is 0. The number of para-hydroxylation sites is 1. The summed E-state index contributed by atoms with van der Waals surface area (Å²) in [5, 5.41) is 3.55. The largest absolute Gasteiger partial charge is 0.487 e. The average Bonchev–Trinajstić information content (AvgIpc) is 2.80. The molecule has 1 aromatic carbocycles. The Morgan fingerprint density at radius 2 is 2.14 bits per heavy atom. The van der Waals surface area contributed by atoms with Crippen LogP contribution in [0.5, 0.6) is 5.75 Å². The zero-order chi connectivity index (χ0) is 14.9. The van der Waals surface area contributed by atoms with Crippen molar-refractivity contribution in [1.82, 2.24) is 10.3 Å². The predicted molar refractivity (Wildman–Crippen MR) is 84.3 cm³/mol. The quantitative estimate of drug-likeness (QED) is 0.929. The van der Waals surface area contributed by atoms with Gasteiger partial charge in [-0.05, 0) is 38.0 Å². The first-order valence-electron chi connectivity index (χ1n) is 7.48. The fraction of sp³-hybridized carbons (Fsp3) is 0.389. The van der Waals surface area contributed by atoms with E-state index in [1.54, 1.807) is 6.20 Å². The lowest BCUT2D eigenvalue weighted by atomic mass is 10.0. The van der Waals surface area contributed by atoms with Crippen LogP contribution < -0.4 is 10.1 Å². The Morgan fingerprint density at radius 3 is 2.90 bits per heavy atom. The van der Waals surface area contributed by atoms with Gasteiger partial charge in [-0.15, -0.1) is 0 Å². The molecule has 0 spiro atoms. The van der Waals surface area contributed by atoms with E-state index >= 15 is 0 Å². The lowest BCUT2D eigenvalue weighted by Crippen LogP contribution is -2.25. The molecule has 1 N–H and O–H groups in total. The Balaban J connectivity index is 1.72. The molecule has 0 fully saturated rings. The van der Waals surface area contributed by atoms with Crippen molar-refractivity contribution in [3.05, 3.63) is 59.4 Å². The Hall–Kier alpha value is -1.87. The van der Waals surface area contributed by atoms with E-state index in [0.29, 0.717) is 0 Å². The van der Waals surface area contributed by atoms with Crippen LogP contribution in [-0.2, 0) is 13.0 Å². The Kier molecular flexibility index (Phi) is 3.68. The number of hydrogen-bond donors (Lipinski definition) is 1. The van der Waals surface area contributed by atoms with Crippen molar-refractivity contribution < 1.29 is 4.74 Å². The van der Waals surface area contributed by atoms with E-state index in [2.05, 4.69) is 55.3 Å². The number of pyridine rings is 1. The SMILES string of the molecule is C[C@@H](NCc1cccc2c1OC(C)(C)C2)c1cccnc1. The van der Waals surface area contributed by atoms with Crippen molar-refractivity contribution in [1.29, 1.82) is 0 Å². The molecule has 0 saturated carbocycles. The fourth-order valence-corrected chi connectivity index (χ4v) is 2.83. The van der Waals surface area contributed by atoms with E-state index in [-0.39, 0.29) is 11.6 Å². The maximum atomic E-state index is 6.11. The summed E-state index contributed by atoms with van der Waals surface area (Å²) in [5.74, 6) is 1.06. The normalized spacial score (nSPS) is 17.1. The molecule has 0 radical (unpaired) electrons. The lowest BCUT2D eigenvalue weighted by molar-refractivity contribution is 0.137. The second-order valence-corrected chi connectivity index (χ2v) is 6.33. The van der Waals surface area contributed by atoms with E-state index < -0.39 is 0 Å². The van der Waals surface area contributed by atoms with Crippen LogP contribution in [0.2, 0.25) is 0 Å². The summed E-state index contributed by atoms with van der Waals surface area (Å²) in [5.41, 5.74) is 3.65. The molecule has 0 bridgehead atoms. The van der Waals surface area contributed by atoms with Gasteiger partial charge >= 0.3 is 0 Å². The highest BCUT2D eigenvalue weighted by atomic mass is 16.5. The highest BCUT2D eigenvalue weighted by molar-refractivity contribution is 5.45. The minimum absolute atomic E-state index is 0.0899. The number of ether oxygens (including phenoxy) is 1. The molecule has 2 aromatic rings. The maximum absolute atomic E-state index is 6.11. The zero-order valence-corrected chi connectivity index (χ0v) is 12.9. The number of fused-ring (bicyclic) bond motifs is 1. The first-order chi connectivity index (χ1) is 10.1. The second kappa shape index (κ2) is 5.49. The van der Waals surface area contributed by atoms with Crippen LogP contribution in [0.25, 0.3) is 0 Å². The Labute approximate surface area is 126 Å². The molecule has 110 valence electrons. The van der Waals surface area contributed by atoms with E-state index in [9.17, 15) is 0 Å². The van der Waals surface area contributed by atoms with Crippen LogP contribution >= 0.6 is 0 Å². The van der Waals surface area contributed by atoms with Gasteiger partial charge in [0.1, 0.15) is 11.4 Å². The number of rotatable bonds is 4.